The van der Waals surface area contributed by atoms with Crippen LogP contribution in [0.2, 0.25) is 0 Å². The van der Waals surface area contributed by atoms with Gasteiger partial charge in [0.05, 0.1) is 35.5 Å². The van der Waals surface area contributed by atoms with Crippen LogP contribution in [-0.2, 0) is 11.2 Å². The predicted octanol–water partition coefficient (Wildman–Crippen LogP) is 3.43. The van der Waals surface area contributed by atoms with Gasteiger partial charge in [-0.05, 0) is 60.7 Å². The highest BCUT2D eigenvalue weighted by molar-refractivity contribution is 5.99. The van der Waals surface area contributed by atoms with E-state index in [0.717, 1.165) is 29.5 Å². The summed E-state index contributed by atoms with van der Waals surface area (Å²) >= 11 is 0. The molecule has 9 heteroatoms. The minimum Gasteiger partial charge on any atom is -0.493 e. The summed E-state index contributed by atoms with van der Waals surface area (Å²) in [5.41, 5.74) is 3.34. The molecule has 0 saturated carbocycles. The van der Waals surface area contributed by atoms with E-state index in [-0.39, 0.29) is 11.8 Å². The molecule has 198 valence electrons. The second-order valence-electron chi connectivity index (χ2n) is 8.93. The molecule has 2 aliphatic rings. The molecule has 9 nitrogen and oxygen atoms in total. The number of rotatable bonds is 7. The highest BCUT2D eigenvalue weighted by atomic mass is 16.5. The van der Waals surface area contributed by atoms with Gasteiger partial charge in [-0.15, -0.1) is 0 Å². The quantitative estimate of drug-likeness (QED) is 0.564. The van der Waals surface area contributed by atoms with Gasteiger partial charge in [0.25, 0.3) is 5.91 Å². The number of methoxy groups -OCH3 is 5. The van der Waals surface area contributed by atoms with Gasteiger partial charge in [-0.25, -0.2) is 0 Å². The van der Waals surface area contributed by atoms with Crippen molar-refractivity contribution >= 4 is 17.9 Å². The van der Waals surface area contributed by atoms with E-state index in [1.54, 1.807) is 31.3 Å². The van der Waals surface area contributed by atoms with E-state index in [1.807, 2.05) is 23.1 Å². The normalized spacial score (nSPS) is 15.2. The van der Waals surface area contributed by atoms with Crippen molar-refractivity contribution in [3.8, 4) is 28.7 Å². The number of ether oxygens (including phenoxy) is 5. The minimum absolute atomic E-state index is 0.0162. The van der Waals surface area contributed by atoms with Crippen molar-refractivity contribution in [2.24, 2.45) is 0 Å². The van der Waals surface area contributed by atoms with Crippen LogP contribution in [0.3, 0.4) is 0 Å². The maximum atomic E-state index is 13.4. The lowest BCUT2D eigenvalue weighted by Gasteiger charge is -2.35. The number of benzene rings is 2. The first-order valence-electron chi connectivity index (χ1n) is 12.3. The number of aryl methyl sites for hydroxylation is 1. The molecule has 2 aromatic rings. The van der Waals surface area contributed by atoms with Crippen LogP contribution in [0.15, 0.2) is 29.8 Å². The summed E-state index contributed by atoms with van der Waals surface area (Å²) in [5, 5.41) is 0. The van der Waals surface area contributed by atoms with E-state index in [4.69, 9.17) is 23.7 Å². The van der Waals surface area contributed by atoms with Gasteiger partial charge in [-0.2, -0.15) is 0 Å². The summed E-state index contributed by atoms with van der Waals surface area (Å²) in [5.74, 6) is 2.49. The van der Waals surface area contributed by atoms with E-state index >= 15 is 0 Å². The Labute approximate surface area is 217 Å². The fourth-order valence-corrected chi connectivity index (χ4v) is 4.89. The number of carbonyl (C=O) groups is 2. The first-order chi connectivity index (χ1) is 17.9. The molecular formula is C28H34N2O7. The van der Waals surface area contributed by atoms with Crippen molar-refractivity contribution in [1.29, 1.82) is 0 Å². The van der Waals surface area contributed by atoms with Crippen molar-refractivity contribution in [2.75, 3.05) is 61.7 Å². The first kappa shape index (κ1) is 26.2. The van der Waals surface area contributed by atoms with Crippen molar-refractivity contribution in [3.63, 3.8) is 0 Å². The Kier molecular flexibility index (Phi) is 8.11. The molecule has 1 fully saturated rings. The van der Waals surface area contributed by atoms with Gasteiger partial charge in [-0.1, -0.05) is 0 Å². The maximum absolute atomic E-state index is 13.4. The Balaban J connectivity index is 1.47. The molecule has 1 aliphatic heterocycles. The third-order valence-corrected chi connectivity index (χ3v) is 6.91. The van der Waals surface area contributed by atoms with Gasteiger partial charge in [0.2, 0.25) is 11.7 Å². The predicted molar refractivity (Wildman–Crippen MR) is 139 cm³/mol. The SMILES string of the molecule is COc1cc2c(cc1OC)CCCC(C(=O)N1CCN(C(=O)c3cc(OC)c(OC)c(OC)c3)CC1)=C2. The van der Waals surface area contributed by atoms with Crippen LogP contribution in [0.5, 0.6) is 28.7 Å². The zero-order chi connectivity index (χ0) is 26.5. The number of hydrogen-bond acceptors (Lipinski definition) is 7. The first-order valence-corrected chi connectivity index (χ1v) is 12.3. The molecule has 1 saturated heterocycles. The topological polar surface area (TPSA) is 86.8 Å². The fourth-order valence-electron chi connectivity index (χ4n) is 4.89. The van der Waals surface area contributed by atoms with E-state index < -0.39 is 0 Å². The molecule has 4 rings (SSSR count). The van der Waals surface area contributed by atoms with E-state index in [0.29, 0.717) is 66.9 Å². The molecule has 0 unspecified atom stereocenters. The van der Waals surface area contributed by atoms with Crippen LogP contribution in [0.4, 0.5) is 0 Å². The Bertz CT molecular complexity index is 1170. The standard InChI is InChI=1S/C28H34N2O7/c1-33-22-14-18-7-6-8-19(13-20(18)15-23(22)34-2)27(31)29-9-11-30(12-10-29)28(32)21-16-24(35-3)26(37-5)25(17-21)36-4/h13-17H,6-12H2,1-5H3. The minimum atomic E-state index is -0.144. The molecule has 0 N–H and O–H groups in total. The lowest BCUT2D eigenvalue weighted by molar-refractivity contribution is -0.128. The summed E-state index contributed by atoms with van der Waals surface area (Å²) in [7, 11) is 7.79. The molecule has 0 spiro atoms. The Morgan fingerprint density at radius 2 is 1.19 bits per heavy atom. The molecule has 0 bridgehead atoms. The lowest BCUT2D eigenvalue weighted by atomic mass is 10.0. The highest BCUT2D eigenvalue weighted by Gasteiger charge is 2.28. The van der Waals surface area contributed by atoms with Crippen molar-refractivity contribution in [1.82, 2.24) is 9.80 Å². The van der Waals surface area contributed by atoms with Crippen LogP contribution >= 0.6 is 0 Å². The summed E-state index contributed by atoms with van der Waals surface area (Å²) in [6, 6.07) is 7.23. The van der Waals surface area contributed by atoms with Crippen LogP contribution in [0.1, 0.15) is 34.3 Å². The zero-order valence-electron chi connectivity index (χ0n) is 22.1. The zero-order valence-corrected chi connectivity index (χ0v) is 22.1. The summed E-state index contributed by atoms with van der Waals surface area (Å²) in [4.78, 5) is 30.3. The average Bonchev–Trinajstić information content (AvgIpc) is 3.16. The molecule has 1 heterocycles. The molecule has 37 heavy (non-hydrogen) atoms. The number of carbonyl (C=O) groups excluding carboxylic acids is 2. The third kappa shape index (κ3) is 5.30. The largest absolute Gasteiger partial charge is 0.493 e. The van der Waals surface area contributed by atoms with Gasteiger partial charge in [0.1, 0.15) is 0 Å². The Morgan fingerprint density at radius 1 is 0.649 bits per heavy atom. The van der Waals surface area contributed by atoms with Gasteiger partial charge < -0.3 is 33.5 Å². The molecule has 1 aliphatic carbocycles. The van der Waals surface area contributed by atoms with E-state index in [1.165, 1.54) is 21.3 Å². The van der Waals surface area contributed by atoms with Crippen molar-refractivity contribution in [3.05, 3.63) is 46.5 Å². The summed E-state index contributed by atoms with van der Waals surface area (Å²) < 4.78 is 27.0. The number of nitrogens with zero attached hydrogens (tertiary/aromatic N) is 2. The molecule has 0 radical (unpaired) electrons. The number of hydrogen-bond donors (Lipinski definition) is 0. The van der Waals surface area contributed by atoms with E-state index in [9.17, 15) is 9.59 Å². The Hall–Kier alpha value is -3.88. The Morgan fingerprint density at radius 3 is 1.73 bits per heavy atom. The number of fused-ring (bicyclic) bond motifs is 1. The third-order valence-electron chi connectivity index (χ3n) is 6.91. The molecular weight excluding hydrogens is 476 g/mol. The molecule has 0 aromatic heterocycles. The number of amides is 2. The van der Waals surface area contributed by atoms with Crippen molar-refractivity contribution in [2.45, 2.75) is 19.3 Å². The van der Waals surface area contributed by atoms with Gasteiger partial charge in [0, 0.05) is 37.3 Å². The average molecular weight is 511 g/mol. The summed E-state index contributed by atoms with van der Waals surface area (Å²) in [6.45, 7) is 1.81. The van der Waals surface area contributed by atoms with Gasteiger partial charge >= 0.3 is 0 Å². The lowest BCUT2D eigenvalue weighted by Crippen LogP contribution is -2.50. The van der Waals surface area contributed by atoms with Crippen molar-refractivity contribution < 1.29 is 33.3 Å². The molecule has 2 aromatic carbocycles. The maximum Gasteiger partial charge on any atom is 0.254 e. The van der Waals surface area contributed by atoms with Crippen LogP contribution < -0.4 is 23.7 Å². The van der Waals surface area contributed by atoms with Crippen LogP contribution in [-0.4, -0.2) is 83.3 Å². The van der Waals surface area contributed by atoms with Gasteiger partial charge in [0.15, 0.2) is 23.0 Å². The highest BCUT2D eigenvalue weighted by Crippen LogP contribution is 2.39. The summed E-state index contributed by atoms with van der Waals surface area (Å²) in [6.07, 6.45) is 4.41. The molecule has 0 atom stereocenters. The van der Waals surface area contributed by atoms with Gasteiger partial charge in [-0.3, -0.25) is 9.59 Å². The molecule has 2 amide bonds. The van der Waals surface area contributed by atoms with Crippen LogP contribution in [0.25, 0.3) is 6.08 Å². The monoisotopic (exact) mass is 510 g/mol. The fraction of sp³-hybridized carbons (Fsp3) is 0.429. The number of piperazine rings is 1. The second kappa shape index (κ2) is 11.5. The van der Waals surface area contributed by atoms with E-state index in [2.05, 4.69) is 0 Å². The van der Waals surface area contributed by atoms with Crippen LogP contribution in [0, 0.1) is 0 Å². The smallest absolute Gasteiger partial charge is 0.254 e. The second-order valence-corrected chi connectivity index (χ2v) is 8.93.